The Hall–Kier alpha value is -1.69. The van der Waals surface area contributed by atoms with E-state index in [4.69, 9.17) is 32.0 Å². The van der Waals surface area contributed by atoms with Gasteiger partial charge in [-0.15, -0.1) is 0 Å². The fourth-order valence-electron chi connectivity index (χ4n) is 5.54. The van der Waals surface area contributed by atoms with E-state index in [0.717, 1.165) is 61.8 Å². The highest BCUT2D eigenvalue weighted by Crippen LogP contribution is 2.42. The normalized spacial score (nSPS) is 26.1. The lowest BCUT2D eigenvalue weighted by Crippen LogP contribution is -2.51. The quantitative estimate of drug-likeness (QED) is 0.523. The van der Waals surface area contributed by atoms with E-state index in [-0.39, 0.29) is 36.8 Å². The molecule has 5 heterocycles. The minimum absolute atomic E-state index is 0.0265. The van der Waals surface area contributed by atoms with E-state index in [1.807, 2.05) is 13.0 Å². The van der Waals surface area contributed by atoms with Crippen molar-refractivity contribution in [3.63, 3.8) is 0 Å². The second-order valence-corrected chi connectivity index (χ2v) is 11.2. The minimum atomic E-state index is -0.195. The molecule has 1 unspecified atom stereocenters. The van der Waals surface area contributed by atoms with Gasteiger partial charge in [0.15, 0.2) is 5.82 Å². The standard InChI is InChI=1S/C24H33ClN6O3S/c1-15-22(26)24(14-34-15)4-7-30(8-5-24)23-18(13-33)29-21(11-28-23)35-19-9-20(27-10-17(19)25)31-6-2-3-16(31)12-32/h9-11,15-16,22,32-33H,2-8,12-14,26H2,1H3/t15-,16?,22+/m0/s1. The van der Waals surface area contributed by atoms with Gasteiger partial charge in [-0.1, -0.05) is 23.4 Å². The molecular weight excluding hydrogens is 488 g/mol. The fourth-order valence-corrected chi connectivity index (χ4v) is 6.56. The zero-order valence-electron chi connectivity index (χ0n) is 19.9. The molecule has 0 aromatic carbocycles. The molecule has 2 aromatic heterocycles. The molecule has 0 amide bonds. The summed E-state index contributed by atoms with van der Waals surface area (Å²) in [6.07, 6.45) is 7.31. The third-order valence-corrected chi connectivity index (χ3v) is 9.13. The first-order valence-corrected chi connectivity index (χ1v) is 13.4. The molecule has 190 valence electrons. The van der Waals surface area contributed by atoms with Gasteiger partial charge in [-0.25, -0.2) is 15.0 Å². The van der Waals surface area contributed by atoms with Gasteiger partial charge in [0.2, 0.25) is 0 Å². The number of hydrogen-bond donors (Lipinski definition) is 3. The van der Waals surface area contributed by atoms with Crippen LogP contribution in [-0.2, 0) is 11.3 Å². The highest BCUT2D eigenvalue weighted by atomic mass is 35.5. The number of aliphatic hydroxyl groups is 2. The van der Waals surface area contributed by atoms with Gasteiger partial charge in [-0.05, 0) is 38.7 Å². The van der Waals surface area contributed by atoms with Crippen LogP contribution in [0.25, 0.3) is 0 Å². The number of halogens is 1. The van der Waals surface area contributed by atoms with Gasteiger partial charge in [0, 0.05) is 42.2 Å². The summed E-state index contributed by atoms with van der Waals surface area (Å²) < 4.78 is 5.83. The van der Waals surface area contributed by atoms with E-state index >= 15 is 0 Å². The van der Waals surface area contributed by atoms with E-state index in [0.29, 0.717) is 22.3 Å². The van der Waals surface area contributed by atoms with Crippen LogP contribution in [0.3, 0.4) is 0 Å². The van der Waals surface area contributed by atoms with Gasteiger partial charge in [-0.3, -0.25) is 0 Å². The predicted octanol–water partition coefficient (Wildman–Crippen LogP) is 2.46. The number of ether oxygens (including phenoxy) is 1. The number of rotatable bonds is 6. The molecule has 3 atom stereocenters. The summed E-state index contributed by atoms with van der Waals surface area (Å²) in [5.74, 6) is 1.52. The van der Waals surface area contributed by atoms with Crippen LogP contribution in [0.1, 0.15) is 38.3 Å². The van der Waals surface area contributed by atoms with Gasteiger partial charge >= 0.3 is 0 Å². The summed E-state index contributed by atoms with van der Waals surface area (Å²) in [6.45, 7) is 5.14. The molecule has 5 rings (SSSR count). The van der Waals surface area contributed by atoms with E-state index in [1.54, 1.807) is 12.4 Å². The minimum Gasteiger partial charge on any atom is -0.394 e. The second-order valence-electron chi connectivity index (χ2n) is 9.77. The number of anilines is 2. The zero-order chi connectivity index (χ0) is 24.6. The Morgan fingerprint density at radius 1 is 1.23 bits per heavy atom. The molecule has 3 aliphatic rings. The summed E-state index contributed by atoms with van der Waals surface area (Å²) in [6, 6.07) is 2.07. The van der Waals surface area contributed by atoms with Crippen molar-refractivity contribution in [1.82, 2.24) is 15.0 Å². The van der Waals surface area contributed by atoms with Gasteiger partial charge < -0.3 is 30.5 Å². The number of piperidine rings is 1. The van der Waals surface area contributed by atoms with Gasteiger partial charge in [0.05, 0.1) is 43.2 Å². The number of aromatic nitrogens is 3. The molecule has 3 saturated heterocycles. The third-order valence-electron chi connectivity index (χ3n) is 7.76. The Bertz CT molecular complexity index is 1050. The van der Waals surface area contributed by atoms with E-state index in [2.05, 4.69) is 14.8 Å². The van der Waals surface area contributed by atoms with Crippen LogP contribution >= 0.6 is 23.4 Å². The first-order valence-electron chi connectivity index (χ1n) is 12.2. The Balaban J connectivity index is 1.31. The molecule has 0 saturated carbocycles. The Labute approximate surface area is 215 Å². The summed E-state index contributed by atoms with van der Waals surface area (Å²) in [7, 11) is 0. The van der Waals surface area contributed by atoms with Crippen LogP contribution in [0.4, 0.5) is 11.6 Å². The zero-order valence-corrected chi connectivity index (χ0v) is 21.5. The monoisotopic (exact) mass is 520 g/mol. The van der Waals surface area contributed by atoms with Crippen molar-refractivity contribution in [3.05, 3.63) is 29.2 Å². The Kier molecular flexibility index (Phi) is 7.39. The lowest BCUT2D eigenvalue weighted by atomic mass is 9.73. The highest BCUT2D eigenvalue weighted by Gasteiger charge is 2.47. The lowest BCUT2D eigenvalue weighted by Gasteiger charge is -2.41. The maximum absolute atomic E-state index is 10.1. The molecule has 3 aliphatic heterocycles. The van der Waals surface area contributed by atoms with E-state index in [1.165, 1.54) is 11.8 Å². The number of nitrogens with two attached hydrogens (primary N) is 1. The SMILES string of the molecule is C[C@@H]1OCC2(CCN(c3ncc(Sc4cc(N5CCCC5CO)ncc4Cl)nc3CO)CC2)[C@@H]1N. The van der Waals surface area contributed by atoms with Crippen LogP contribution in [0.15, 0.2) is 28.4 Å². The molecule has 1 spiro atoms. The van der Waals surface area contributed by atoms with Gasteiger partial charge in [0.1, 0.15) is 16.5 Å². The average molecular weight is 521 g/mol. The molecule has 4 N–H and O–H groups in total. The molecule has 9 nitrogen and oxygen atoms in total. The fraction of sp³-hybridized carbons (Fsp3) is 0.625. The Morgan fingerprint density at radius 2 is 2.03 bits per heavy atom. The molecule has 0 radical (unpaired) electrons. The molecule has 2 aromatic rings. The second kappa shape index (κ2) is 10.4. The number of nitrogens with zero attached hydrogens (tertiary/aromatic N) is 5. The number of hydrogen-bond acceptors (Lipinski definition) is 10. The largest absolute Gasteiger partial charge is 0.394 e. The van der Waals surface area contributed by atoms with Crippen LogP contribution in [0, 0.1) is 5.41 Å². The maximum atomic E-state index is 10.1. The van der Waals surface area contributed by atoms with Crippen molar-refractivity contribution in [2.75, 3.05) is 42.6 Å². The average Bonchev–Trinajstić information content (AvgIpc) is 3.47. The van der Waals surface area contributed by atoms with E-state index < -0.39 is 0 Å². The molecule has 35 heavy (non-hydrogen) atoms. The predicted molar refractivity (Wildman–Crippen MR) is 136 cm³/mol. The maximum Gasteiger partial charge on any atom is 0.152 e. The molecule has 3 fully saturated rings. The molecular formula is C24H33ClN6O3S. The van der Waals surface area contributed by atoms with Crippen molar-refractivity contribution in [2.45, 2.75) is 67.3 Å². The first kappa shape index (κ1) is 25.0. The lowest BCUT2D eigenvalue weighted by molar-refractivity contribution is 0.0973. The first-order chi connectivity index (χ1) is 16.9. The van der Waals surface area contributed by atoms with E-state index in [9.17, 15) is 10.2 Å². The van der Waals surface area contributed by atoms with Gasteiger partial charge in [-0.2, -0.15) is 0 Å². The third kappa shape index (κ3) is 4.84. The topological polar surface area (TPSA) is 121 Å². The van der Waals surface area contributed by atoms with Crippen LogP contribution in [-0.4, -0.2) is 76.2 Å². The Morgan fingerprint density at radius 3 is 2.71 bits per heavy atom. The van der Waals surface area contributed by atoms with Crippen LogP contribution in [0.2, 0.25) is 5.02 Å². The van der Waals surface area contributed by atoms with Gasteiger partial charge in [0.25, 0.3) is 0 Å². The van der Waals surface area contributed by atoms with Crippen molar-refractivity contribution < 1.29 is 14.9 Å². The summed E-state index contributed by atoms with van der Waals surface area (Å²) >= 11 is 7.85. The summed E-state index contributed by atoms with van der Waals surface area (Å²) in [5.41, 5.74) is 7.03. The smallest absolute Gasteiger partial charge is 0.152 e. The number of pyridine rings is 1. The van der Waals surface area contributed by atoms with Crippen molar-refractivity contribution in [1.29, 1.82) is 0 Å². The molecule has 11 heteroatoms. The van der Waals surface area contributed by atoms with Crippen LogP contribution in [0.5, 0.6) is 0 Å². The van der Waals surface area contributed by atoms with Crippen molar-refractivity contribution in [3.8, 4) is 0 Å². The molecule has 0 bridgehead atoms. The highest BCUT2D eigenvalue weighted by molar-refractivity contribution is 7.99. The van der Waals surface area contributed by atoms with Crippen molar-refractivity contribution in [2.24, 2.45) is 11.1 Å². The van der Waals surface area contributed by atoms with Crippen LogP contribution < -0.4 is 15.5 Å². The summed E-state index contributed by atoms with van der Waals surface area (Å²) in [5, 5.41) is 20.9. The summed E-state index contributed by atoms with van der Waals surface area (Å²) in [4.78, 5) is 19.0. The van der Waals surface area contributed by atoms with Crippen molar-refractivity contribution >= 4 is 35.0 Å². The molecule has 0 aliphatic carbocycles. The number of aliphatic hydroxyl groups excluding tert-OH is 2.